The minimum absolute atomic E-state index is 0.0395. The summed E-state index contributed by atoms with van der Waals surface area (Å²) >= 11 is 0. The van der Waals surface area contributed by atoms with Crippen molar-refractivity contribution >= 4 is 23.4 Å². The highest BCUT2D eigenvalue weighted by molar-refractivity contribution is 6.62. The molecule has 1 heterocycles. The van der Waals surface area contributed by atoms with Crippen LogP contribution in [0.1, 0.15) is 24.9 Å². The lowest BCUT2D eigenvalue weighted by molar-refractivity contribution is -0.155. The molecule has 1 fully saturated rings. The Balaban J connectivity index is 2.05. The molecule has 8 heteroatoms. The molecular formula is C17H19N3O5. The second-order valence-corrected chi connectivity index (χ2v) is 5.42. The van der Waals surface area contributed by atoms with Gasteiger partial charge >= 0.3 is 17.7 Å². The molecule has 1 aromatic carbocycles. The number of carbonyl (C=O) groups is 3. The Morgan fingerprint density at radius 3 is 2.72 bits per heavy atom. The fourth-order valence-corrected chi connectivity index (χ4v) is 2.59. The van der Waals surface area contributed by atoms with Crippen molar-refractivity contribution in [2.75, 3.05) is 26.3 Å². The van der Waals surface area contributed by atoms with Gasteiger partial charge < -0.3 is 15.0 Å². The van der Waals surface area contributed by atoms with Crippen LogP contribution in [-0.2, 0) is 23.9 Å². The molecule has 1 saturated heterocycles. The molecular weight excluding hydrogens is 326 g/mol. The first kappa shape index (κ1) is 18.5. The molecule has 0 unspecified atom stereocenters. The molecule has 1 atom stereocenters. The summed E-state index contributed by atoms with van der Waals surface area (Å²) in [5.74, 6) is -1.99. The van der Waals surface area contributed by atoms with Gasteiger partial charge in [-0.05, 0) is 12.5 Å². The van der Waals surface area contributed by atoms with Crippen molar-refractivity contribution in [3.05, 3.63) is 41.4 Å². The Bertz CT molecular complexity index is 697. The number of cyclic esters (lactones) is 1. The minimum Gasteiger partial charge on any atom is -0.463 e. The monoisotopic (exact) mass is 345 g/mol. The van der Waals surface area contributed by atoms with Gasteiger partial charge in [0.15, 0.2) is 0 Å². The zero-order valence-electron chi connectivity index (χ0n) is 13.9. The number of benzene rings is 1. The molecule has 1 aromatic rings. The van der Waals surface area contributed by atoms with Crippen molar-refractivity contribution in [3.63, 3.8) is 0 Å². The molecule has 1 aliphatic rings. The summed E-state index contributed by atoms with van der Waals surface area (Å²) in [5, 5.41) is 0. The molecule has 0 spiro atoms. The first-order chi connectivity index (χ1) is 12.1. The maximum Gasteiger partial charge on any atom is 0.441 e. The summed E-state index contributed by atoms with van der Waals surface area (Å²) in [5.41, 5.74) is 9.20. The van der Waals surface area contributed by atoms with E-state index in [4.69, 9.17) is 10.3 Å². The predicted octanol–water partition coefficient (Wildman–Crippen LogP) is 0.780. The van der Waals surface area contributed by atoms with Crippen LogP contribution in [0.4, 0.5) is 0 Å². The van der Waals surface area contributed by atoms with Crippen LogP contribution in [0.25, 0.3) is 5.53 Å². The molecule has 0 saturated carbocycles. The molecule has 8 nitrogen and oxygen atoms in total. The third kappa shape index (κ3) is 4.82. The number of esters is 2. The quantitative estimate of drug-likeness (QED) is 0.237. The SMILES string of the molecule is CCOC(=O)C(=[N+]=[N-])C(=O)CCN1CC(=O)OC[C@H]1c1ccccc1. The van der Waals surface area contributed by atoms with Crippen molar-refractivity contribution in [3.8, 4) is 0 Å². The van der Waals surface area contributed by atoms with Gasteiger partial charge in [-0.2, -0.15) is 4.79 Å². The molecule has 0 bridgehead atoms. The molecule has 0 aliphatic carbocycles. The molecule has 132 valence electrons. The van der Waals surface area contributed by atoms with Crippen LogP contribution in [0.2, 0.25) is 0 Å². The van der Waals surface area contributed by atoms with E-state index in [2.05, 4.69) is 9.53 Å². The zero-order valence-corrected chi connectivity index (χ0v) is 13.9. The normalized spacial score (nSPS) is 17.3. The Hall–Kier alpha value is -2.83. The molecule has 0 N–H and O–H groups in total. The number of Topliss-reactive ketones (excluding diaryl/α,β-unsaturated/α-hetero) is 1. The van der Waals surface area contributed by atoms with E-state index in [-0.39, 0.29) is 44.7 Å². The number of ketones is 1. The third-order valence-electron chi connectivity index (χ3n) is 3.82. The largest absolute Gasteiger partial charge is 0.463 e. The van der Waals surface area contributed by atoms with Crippen LogP contribution in [-0.4, -0.2) is 59.4 Å². The number of morpholine rings is 1. The first-order valence-corrected chi connectivity index (χ1v) is 7.93. The van der Waals surface area contributed by atoms with E-state index >= 15 is 0 Å². The fraction of sp³-hybridized carbons (Fsp3) is 0.412. The predicted molar refractivity (Wildman–Crippen MR) is 86.6 cm³/mol. The number of rotatable bonds is 7. The molecule has 1 aliphatic heterocycles. The molecule has 0 aromatic heterocycles. The Kier molecular flexibility index (Phi) is 6.56. The zero-order chi connectivity index (χ0) is 18.2. The summed E-state index contributed by atoms with van der Waals surface area (Å²) in [7, 11) is 0. The lowest BCUT2D eigenvalue weighted by atomic mass is 10.0. The average molecular weight is 345 g/mol. The number of nitrogens with zero attached hydrogens (tertiary/aromatic N) is 3. The van der Waals surface area contributed by atoms with Crippen molar-refractivity contribution in [2.24, 2.45) is 0 Å². The van der Waals surface area contributed by atoms with E-state index < -0.39 is 17.5 Å². The highest BCUT2D eigenvalue weighted by Gasteiger charge is 2.34. The van der Waals surface area contributed by atoms with E-state index in [1.165, 1.54) is 0 Å². The summed E-state index contributed by atoms with van der Waals surface area (Å²) in [6.07, 6.45) is -0.0885. The highest BCUT2D eigenvalue weighted by Crippen LogP contribution is 2.24. The van der Waals surface area contributed by atoms with Gasteiger partial charge in [0.25, 0.3) is 5.78 Å². The second-order valence-electron chi connectivity index (χ2n) is 5.42. The summed E-state index contributed by atoms with van der Waals surface area (Å²) in [6.45, 7) is 2.10. The molecule has 0 amide bonds. The Morgan fingerprint density at radius 1 is 1.36 bits per heavy atom. The lowest BCUT2D eigenvalue weighted by Gasteiger charge is -2.34. The van der Waals surface area contributed by atoms with Gasteiger partial charge in [-0.3, -0.25) is 14.5 Å². The average Bonchev–Trinajstić information content (AvgIpc) is 2.61. The van der Waals surface area contributed by atoms with Crippen LogP contribution >= 0.6 is 0 Å². The third-order valence-corrected chi connectivity index (χ3v) is 3.82. The van der Waals surface area contributed by atoms with Crippen LogP contribution in [0.15, 0.2) is 30.3 Å². The van der Waals surface area contributed by atoms with Crippen LogP contribution < -0.4 is 0 Å². The van der Waals surface area contributed by atoms with Crippen LogP contribution in [0.5, 0.6) is 0 Å². The summed E-state index contributed by atoms with van der Waals surface area (Å²) in [6, 6.07) is 9.30. The van der Waals surface area contributed by atoms with Crippen molar-refractivity contribution in [2.45, 2.75) is 19.4 Å². The Labute approximate surface area is 144 Å². The molecule has 25 heavy (non-hydrogen) atoms. The summed E-state index contributed by atoms with van der Waals surface area (Å²) < 4.78 is 9.79. The van der Waals surface area contributed by atoms with E-state index in [1.54, 1.807) is 11.8 Å². The van der Waals surface area contributed by atoms with Gasteiger partial charge in [-0.15, -0.1) is 0 Å². The number of hydrogen-bond donors (Lipinski definition) is 0. The maximum atomic E-state index is 12.1. The van der Waals surface area contributed by atoms with Crippen molar-refractivity contribution in [1.29, 1.82) is 0 Å². The van der Waals surface area contributed by atoms with Gasteiger partial charge in [0.1, 0.15) is 6.61 Å². The minimum atomic E-state index is -0.965. The number of carbonyl (C=O) groups excluding carboxylic acids is 3. The summed E-state index contributed by atoms with van der Waals surface area (Å²) in [4.78, 5) is 39.8. The molecule has 0 radical (unpaired) electrons. The first-order valence-electron chi connectivity index (χ1n) is 7.93. The topological polar surface area (TPSA) is 109 Å². The van der Waals surface area contributed by atoms with Crippen LogP contribution in [0.3, 0.4) is 0 Å². The van der Waals surface area contributed by atoms with Gasteiger partial charge in [-0.25, -0.2) is 4.79 Å². The van der Waals surface area contributed by atoms with E-state index in [0.717, 1.165) is 5.56 Å². The fourth-order valence-electron chi connectivity index (χ4n) is 2.59. The van der Waals surface area contributed by atoms with Gasteiger partial charge in [0.2, 0.25) is 0 Å². The number of ether oxygens (including phenoxy) is 2. The van der Waals surface area contributed by atoms with E-state index in [0.29, 0.717) is 0 Å². The smallest absolute Gasteiger partial charge is 0.441 e. The highest BCUT2D eigenvalue weighted by atomic mass is 16.5. The standard InChI is InChI=1S/C17H19N3O5/c1-2-24-17(23)16(19-18)14(21)8-9-20-10-15(22)25-11-13(20)12-6-4-3-5-7-12/h3-7,13H,2,8-11H2,1H3/t13-/m0/s1. The van der Waals surface area contributed by atoms with Gasteiger partial charge in [0.05, 0.1) is 19.2 Å². The van der Waals surface area contributed by atoms with E-state index in [9.17, 15) is 14.4 Å². The maximum absolute atomic E-state index is 12.1. The Morgan fingerprint density at radius 2 is 2.08 bits per heavy atom. The van der Waals surface area contributed by atoms with E-state index in [1.807, 2.05) is 30.3 Å². The lowest BCUT2D eigenvalue weighted by Crippen LogP contribution is -2.43. The van der Waals surface area contributed by atoms with Crippen molar-refractivity contribution < 1.29 is 28.6 Å². The van der Waals surface area contributed by atoms with Crippen LogP contribution in [0, 0.1) is 0 Å². The van der Waals surface area contributed by atoms with Crippen molar-refractivity contribution in [1.82, 2.24) is 4.90 Å². The van der Waals surface area contributed by atoms with Gasteiger partial charge in [-0.1, -0.05) is 30.3 Å². The van der Waals surface area contributed by atoms with Gasteiger partial charge in [0, 0.05) is 13.0 Å². The molecule has 2 rings (SSSR count). The second kappa shape index (κ2) is 8.86. The number of hydrogen-bond acceptors (Lipinski definition) is 6.